The number of nitrogens with one attached hydrogen (secondary N) is 2. The van der Waals surface area contributed by atoms with Crippen LogP contribution in [0.4, 0.5) is 17.2 Å². The molecule has 0 bridgehead atoms. The summed E-state index contributed by atoms with van der Waals surface area (Å²) in [6, 6.07) is 8.83. The molecule has 2 heterocycles. The van der Waals surface area contributed by atoms with Crippen molar-refractivity contribution in [1.29, 1.82) is 0 Å². The quantitative estimate of drug-likeness (QED) is 0.0817. The first-order valence-corrected chi connectivity index (χ1v) is 21.6. The van der Waals surface area contributed by atoms with Gasteiger partial charge in [0.2, 0.25) is 10.0 Å². The number of sulfonamides is 2. The molecule has 1 aliphatic heterocycles. The number of hydrogen-bond acceptors (Lipinski definition) is 11. The Morgan fingerprint density at radius 2 is 1.57 bits per heavy atom. The highest BCUT2D eigenvalue weighted by Crippen LogP contribution is 2.37. The van der Waals surface area contributed by atoms with Gasteiger partial charge in [0.25, 0.3) is 15.9 Å². The van der Waals surface area contributed by atoms with Crippen LogP contribution < -0.4 is 14.8 Å². The van der Waals surface area contributed by atoms with E-state index in [0.29, 0.717) is 6.61 Å². The van der Waals surface area contributed by atoms with Gasteiger partial charge >= 0.3 is 5.97 Å². The van der Waals surface area contributed by atoms with Crippen LogP contribution in [0.15, 0.2) is 64.9 Å². The fourth-order valence-corrected chi connectivity index (χ4v) is 8.28. The van der Waals surface area contributed by atoms with Crippen LogP contribution in [0.3, 0.4) is 0 Å². The number of aromatic nitrogens is 2. The Morgan fingerprint density at radius 1 is 0.907 bits per heavy atom. The number of methoxy groups -OCH3 is 2. The van der Waals surface area contributed by atoms with Crippen LogP contribution in [-0.2, 0) is 34.3 Å². The number of hydrogen-bond donors (Lipinski definition) is 2. The lowest BCUT2D eigenvalue weighted by Gasteiger charge is -2.34. The molecule has 1 aliphatic rings. The Kier molecular flexibility index (Phi) is 15.9. The Balaban J connectivity index is 1.59. The van der Waals surface area contributed by atoms with E-state index < -0.39 is 38.0 Å². The zero-order valence-corrected chi connectivity index (χ0v) is 33.1. The molecule has 0 aliphatic carbocycles. The minimum atomic E-state index is -4.27. The van der Waals surface area contributed by atoms with Gasteiger partial charge < -0.3 is 19.5 Å². The van der Waals surface area contributed by atoms with Crippen molar-refractivity contribution in [2.75, 3.05) is 50.3 Å². The molecule has 0 fully saturated rings. The third-order valence-electron chi connectivity index (χ3n) is 8.82. The van der Waals surface area contributed by atoms with Crippen LogP contribution in [0.2, 0.25) is 0 Å². The van der Waals surface area contributed by atoms with Crippen LogP contribution in [0.25, 0.3) is 0 Å². The monoisotopic (exact) mass is 788 g/mol. The van der Waals surface area contributed by atoms with Crippen LogP contribution >= 0.6 is 0 Å². The van der Waals surface area contributed by atoms with E-state index >= 15 is 0 Å². The number of nitrogens with zero attached hydrogens (tertiary/aromatic N) is 4. The van der Waals surface area contributed by atoms with Gasteiger partial charge in [-0.2, -0.15) is 0 Å². The second-order valence-electron chi connectivity index (χ2n) is 13.0. The second kappa shape index (κ2) is 20.3. The highest BCUT2D eigenvalue weighted by Gasteiger charge is 2.41. The van der Waals surface area contributed by atoms with Crippen molar-refractivity contribution in [3.8, 4) is 5.75 Å². The first-order chi connectivity index (χ1) is 25.9. The summed E-state index contributed by atoms with van der Waals surface area (Å²) in [6.45, 7) is 2.93. The van der Waals surface area contributed by atoms with Crippen LogP contribution in [-0.4, -0.2) is 88.6 Å². The first-order valence-electron chi connectivity index (χ1n) is 18.3. The van der Waals surface area contributed by atoms with E-state index in [2.05, 4.69) is 21.9 Å². The zero-order chi connectivity index (χ0) is 39.1. The van der Waals surface area contributed by atoms with E-state index in [4.69, 9.17) is 19.2 Å². The average molecular weight is 789 g/mol. The van der Waals surface area contributed by atoms with Gasteiger partial charge in [0.1, 0.15) is 16.5 Å². The Hall–Kier alpha value is -4.48. The predicted octanol–water partition coefficient (Wildman–Crippen LogP) is 6.29. The number of carbonyl (C=O) groups is 2. The van der Waals surface area contributed by atoms with Gasteiger partial charge in [-0.1, -0.05) is 76.8 Å². The van der Waals surface area contributed by atoms with Gasteiger partial charge in [0.05, 0.1) is 49.9 Å². The van der Waals surface area contributed by atoms with Crippen molar-refractivity contribution in [2.24, 2.45) is 4.99 Å². The zero-order valence-electron chi connectivity index (χ0n) is 31.5. The number of ether oxygens (including phenoxy) is 3. The highest BCUT2D eigenvalue weighted by atomic mass is 32.2. The number of benzene rings is 2. The molecule has 0 saturated heterocycles. The van der Waals surface area contributed by atoms with Gasteiger partial charge in [-0.25, -0.2) is 31.6 Å². The molecule has 2 aromatic carbocycles. The fraction of sp³-hybridized carbons (Fsp3) is 0.514. The lowest BCUT2D eigenvalue weighted by atomic mass is 10.1. The number of esters is 1. The Morgan fingerprint density at radius 3 is 2.24 bits per heavy atom. The van der Waals surface area contributed by atoms with Crippen LogP contribution in [0, 0.1) is 0 Å². The van der Waals surface area contributed by atoms with E-state index in [-0.39, 0.29) is 58.8 Å². The minimum absolute atomic E-state index is 0.0493. The van der Waals surface area contributed by atoms with E-state index in [1.165, 1.54) is 107 Å². The molecule has 0 saturated carbocycles. The van der Waals surface area contributed by atoms with E-state index in [0.717, 1.165) is 29.8 Å². The van der Waals surface area contributed by atoms with Gasteiger partial charge in [-0.3, -0.25) is 18.4 Å². The molecule has 1 atom stereocenters. The predicted molar refractivity (Wildman–Crippen MR) is 207 cm³/mol. The second-order valence-corrected chi connectivity index (χ2v) is 16.6. The number of aliphatic imine (C=N–C) groups is 1. The maximum atomic E-state index is 14.5. The topological polar surface area (TPSA) is 188 Å². The number of carbonyl (C=O) groups excluding carboxylic acids is 2. The normalized spacial score (nSPS) is 14.1. The van der Waals surface area contributed by atoms with E-state index in [9.17, 15) is 26.4 Å². The van der Waals surface area contributed by atoms with E-state index in [1.54, 1.807) is 12.1 Å². The SMILES string of the molecule is CCCCCCCCCCCCOCCCN1C(C(C(=O)Nc2cc(C(=O)OC)ccc2OC)n2cncc2NS(C)(=O)=O)=Nc2ccccc2S1(=O)=O. The number of para-hydroxylation sites is 1. The average Bonchev–Trinajstić information content (AvgIpc) is 3.58. The maximum Gasteiger partial charge on any atom is 0.337 e. The molecule has 296 valence electrons. The molecule has 1 aromatic heterocycles. The molecule has 15 nitrogen and oxygen atoms in total. The lowest BCUT2D eigenvalue weighted by Crippen LogP contribution is -2.47. The summed E-state index contributed by atoms with van der Waals surface area (Å²) in [6.07, 6.45) is 15.6. The standard InChI is InChI=1S/C37H52N6O9S2/c1-5-6-7-8-9-10-11-12-13-16-23-52-24-17-22-43-35(39-29-18-14-15-19-32(29)54(43,48)49)34(42-27-38-26-33(42)41-53(4,46)47)36(44)40-30-25-28(37(45)51-3)20-21-31(30)50-2/h14-15,18-21,25-27,34,41H,5-13,16-17,22-24H2,1-4H3,(H,40,44). The molecule has 54 heavy (non-hydrogen) atoms. The summed E-state index contributed by atoms with van der Waals surface area (Å²) in [4.78, 5) is 35.5. The fourth-order valence-electron chi connectivity index (χ4n) is 6.12. The molecule has 2 N–H and O–H groups in total. The van der Waals surface area contributed by atoms with Gasteiger partial charge in [0.15, 0.2) is 11.9 Å². The van der Waals surface area contributed by atoms with Gasteiger partial charge in [-0.05, 0) is 43.2 Å². The van der Waals surface area contributed by atoms with Crippen molar-refractivity contribution >= 4 is 55.0 Å². The number of imidazole rings is 1. The summed E-state index contributed by atoms with van der Waals surface area (Å²) in [5.41, 5.74) is 0.277. The van der Waals surface area contributed by atoms with Crippen molar-refractivity contribution in [3.05, 3.63) is 60.6 Å². The molecule has 4 rings (SSSR count). The summed E-state index contributed by atoms with van der Waals surface area (Å²) < 4.78 is 74.0. The Labute approximate surface area is 318 Å². The molecule has 17 heteroatoms. The molecule has 3 aromatic rings. The van der Waals surface area contributed by atoms with Crippen molar-refractivity contribution in [1.82, 2.24) is 13.9 Å². The molecule has 1 amide bonds. The summed E-state index contributed by atoms with van der Waals surface area (Å²) in [5, 5.41) is 2.72. The third-order valence-corrected chi connectivity index (χ3v) is 11.3. The minimum Gasteiger partial charge on any atom is -0.495 e. The van der Waals surface area contributed by atoms with E-state index in [1.807, 2.05) is 0 Å². The number of amides is 1. The molecular formula is C37H52N6O9S2. The number of amidine groups is 1. The third kappa shape index (κ3) is 11.5. The number of rotatable bonds is 23. The molecule has 0 radical (unpaired) electrons. The molecule has 0 spiro atoms. The van der Waals surface area contributed by atoms with Crippen LogP contribution in [0.5, 0.6) is 5.75 Å². The van der Waals surface area contributed by atoms with Crippen LogP contribution in [0.1, 0.15) is 94.0 Å². The van der Waals surface area contributed by atoms with Gasteiger partial charge in [-0.15, -0.1) is 0 Å². The Bertz CT molecular complexity index is 1960. The number of fused-ring (bicyclic) bond motifs is 1. The maximum absolute atomic E-state index is 14.5. The molecule has 1 unspecified atom stereocenters. The lowest BCUT2D eigenvalue weighted by molar-refractivity contribution is -0.117. The first kappa shape index (κ1) is 42.3. The highest BCUT2D eigenvalue weighted by molar-refractivity contribution is 7.92. The van der Waals surface area contributed by atoms with Crippen molar-refractivity contribution < 1.29 is 40.6 Å². The van der Waals surface area contributed by atoms with Gasteiger partial charge in [0, 0.05) is 19.8 Å². The summed E-state index contributed by atoms with van der Waals surface area (Å²) in [5.74, 6) is -1.64. The summed E-state index contributed by atoms with van der Waals surface area (Å²) >= 11 is 0. The summed E-state index contributed by atoms with van der Waals surface area (Å²) in [7, 11) is -5.55. The number of unbranched alkanes of at least 4 members (excludes halogenated alkanes) is 9. The van der Waals surface area contributed by atoms with Crippen molar-refractivity contribution in [2.45, 2.75) is 88.5 Å². The molecular weight excluding hydrogens is 737 g/mol. The van der Waals surface area contributed by atoms with Crippen molar-refractivity contribution in [3.63, 3.8) is 0 Å². The number of anilines is 2. The smallest absolute Gasteiger partial charge is 0.337 e. The largest absolute Gasteiger partial charge is 0.495 e.